The summed E-state index contributed by atoms with van der Waals surface area (Å²) in [5, 5.41) is 0. The minimum Gasteiger partial charge on any atom is -0.463 e. The normalized spacial score (nSPS) is 24.9. The maximum absolute atomic E-state index is 12.1. The maximum Gasteiger partial charge on any atom is 0.351 e. The number of rotatable bonds is 10. The first kappa shape index (κ1) is 21.4. The van der Waals surface area contributed by atoms with E-state index in [0.29, 0.717) is 6.42 Å². The van der Waals surface area contributed by atoms with E-state index in [1.165, 1.54) is 23.5 Å². The molecule has 27 heavy (non-hydrogen) atoms. The number of carbonyl (C=O) groups is 1. The Morgan fingerprint density at radius 3 is 2.74 bits per heavy atom. The Hall–Kier alpha value is -1.93. The van der Waals surface area contributed by atoms with Crippen molar-refractivity contribution in [2.45, 2.75) is 70.8 Å². The average Bonchev–Trinajstić information content (AvgIpc) is 2.95. The summed E-state index contributed by atoms with van der Waals surface area (Å²) in [5.74, 6) is -0.117. The van der Waals surface area contributed by atoms with Crippen LogP contribution < -0.4 is 11.4 Å². The van der Waals surface area contributed by atoms with Crippen molar-refractivity contribution in [2.75, 3.05) is 19.5 Å². The average molecular weight is 381 g/mol. The number of ether oxygens (including phenoxy) is 3. The first-order valence-electron chi connectivity index (χ1n) is 9.66. The van der Waals surface area contributed by atoms with Gasteiger partial charge in [0, 0.05) is 25.6 Å². The number of anilines is 1. The largest absolute Gasteiger partial charge is 0.463 e. The van der Waals surface area contributed by atoms with Gasteiger partial charge in [-0.05, 0) is 12.5 Å². The topological polar surface area (TPSA) is 106 Å². The number of aromatic nitrogens is 2. The number of nitrogens with two attached hydrogens (primary N) is 1. The predicted octanol–water partition coefficient (Wildman–Crippen LogP) is 2.28. The van der Waals surface area contributed by atoms with Gasteiger partial charge in [-0.3, -0.25) is 9.36 Å². The molecule has 1 aliphatic rings. The summed E-state index contributed by atoms with van der Waals surface area (Å²) in [7, 11) is 1.57. The summed E-state index contributed by atoms with van der Waals surface area (Å²) < 4.78 is 18.2. The summed E-state index contributed by atoms with van der Waals surface area (Å²) in [5.41, 5.74) is 5.04. The Balaban J connectivity index is 1.89. The van der Waals surface area contributed by atoms with Gasteiger partial charge >= 0.3 is 11.7 Å². The maximum atomic E-state index is 12.1. The Bertz CT molecular complexity index is 663. The van der Waals surface area contributed by atoms with Crippen molar-refractivity contribution in [1.82, 2.24) is 9.55 Å². The summed E-state index contributed by atoms with van der Waals surface area (Å²) in [4.78, 5) is 27.8. The van der Waals surface area contributed by atoms with Gasteiger partial charge < -0.3 is 19.9 Å². The van der Waals surface area contributed by atoms with Gasteiger partial charge in [0.1, 0.15) is 18.5 Å². The molecule has 0 spiro atoms. The van der Waals surface area contributed by atoms with E-state index < -0.39 is 11.9 Å². The molecule has 0 aromatic carbocycles. The molecule has 2 heterocycles. The van der Waals surface area contributed by atoms with Crippen molar-refractivity contribution in [2.24, 2.45) is 5.92 Å². The molecular formula is C19H31N3O5. The zero-order valence-electron chi connectivity index (χ0n) is 16.4. The summed E-state index contributed by atoms with van der Waals surface area (Å²) in [6.45, 7) is 4.25. The molecule has 0 radical (unpaired) electrons. The fourth-order valence-electron chi connectivity index (χ4n) is 3.34. The van der Waals surface area contributed by atoms with E-state index in [9.17, 15) is 9.59 Å². The van der Waals surface area contributed by atoms with E-state index in [0.717, 1.165) is 19.3 Å². The molecule has 1 aliphatic heterocycles. The van der Waals surface area contributed by atoms with Crippen LogP contribution in [0.25, 0.3) is 0 Å². The predicted molar refractivity (Wildman–Crippen MR) is 101 cm³/mol. The zero-order chi connectivity index (χ0) is 19.8. The molecule has 0 unspecified atom stereocenters. The molecule has 152 valence electrons. The second kappa shape index (κ2) is 10.4. The highest BCUT2D eigenvalue weighted by Crippen LogP contribution is 2.35. The molecule has 0 aliphatic carbocycles. The number of methoxy groups -OCH3 is 1. The molecule has 0 amide bonds. The van der Waals surface area contributed by atoms with Gasteiger partial charge in [0.05, 0.1) is 6.10 Å². The van der Waals surface area contributed by atoms with E-state index in [4.69, 9.17) is 19.9 Å². The van der Waals surface area contributed by atoms with Crippen molar-refractivity contribution in [3.63, 3.8) is 0 Å². The van der Waals surface area contributed by atoms with Gasteiger partial charge in [-0.15, -0.1) is 0 Å². The van der Waals surface area contributed by atoms with Crippen LogP contribution in [0.5, 0.6) is 0 Å². The van der Waals surface area contributed by atoms with Crippen molar-refractivity contribution in [1.29, 1.82) is 0 Å². The Labute approximate surface area is 160 Å². The summed E-state index contributed by atoms with van der Waals surface area (Å²) in [6.07, 6.45) is 6.02. The molecule has 0 saturated carbocycles. The fourth-order valence-corrected chi connectivity index (χ4v) is 3.34. The van der Waals surface area contributed by atoms with Crippen LogP contribution >= 0.6 is 0 Å². The van der Waals surface area contributed by atoms with Gasteiger partial charge in [0.2, 0.25) is 0 Å². The lowest BCUT2D eigenvalue weighted by Gasteiger charge is -2.20. The van der Waals surface area contributed by atoms with Crippen LogP contribution in [-0.2, 0) is 19.0 Å². The Kier molecular flexibility index (Phi) is 8.24. The number of nitrogens with zero attached hydrogens (tertiary/aromatic N) is 2. The summed E-state index contributed by atoms with van der Waals surface area (Å²) in [6, 6.07) is 1.54. The van der Waals surface area contributed by atoms with Crippen LogP contribution in [0.15, 0.2) is 17.1 Å². The SMILES string of the molecule is CCCCCCCC(=O)OC[C@H]1O[C@@H](n2ccc(N)nc2=O)[C@H](OC)[C@@H]1C. The van der Waals surface area contributed by atoms with E-state index in [-0.39, 0.29) is 36.5 Å². The Morgan fingerprint density at radius 2 is 2.07 bits per heavy atom. The van der Waals surface area contributed by atoms with Gasteiger partial charge in [-0.2, -0.15) is 4.98 Å². The van der Waals surface area contributed by atoms with Crippen LogP contribution in [0, 0.1) is 5.92 Å². The molecule has 1 fully saturated rings. The third-order valence-corrected chi connectivity index (χ3v) is 4.99. The van der Waals surface area contributed by atoms with E-state index in [1.807, 2.05) is 6.92 Å². The minimum atomic E-state index is -0.636. The van der Waals surface area contributed by atoms with Crippen LogP contribution in [0.4, 0.5) is 5.82 Å². The third-order valence-electron chi connectivity index (χ3n) is 4.99. The van der Waals surface area contributed by atoms with Gasteiger partial charge in [0.25, 0.3) is 0 Å². The first-order valence-corrected chi connectivity index (χ1v) is 9.66. The molecule has 1 aromatic heterocycles. The summed E-state index contributed by atoms with van der Waals surface area (Å²) >= 11 is 0. The van der Waals surface area contributed by atoms with Crippen molar-refractivity contribution in [3.8, 4) is 0 Å². The minimum absolute atomic E-state index is 0.0539. The van der Waals surface area contributed by atoms with Crippen LogP contribution in [0.3, 0.4) is 0 Å². The molecule has 8 heteroatoms. The van der Waals surface area contributed by atoms with Gasteiger partial charge in [-0.1, -0.05) is 39.5 Å². The standard InChI is InChI=1S/C19H31N3O5/c1-4-5-6-7-8-9-16(23)26-12-14-13(2)17(25-3)18(27-14)22-11-10-15(20)21-19(22)24/h10-11,13-14,17-18H,4-9,12H2,1-3H3,(H2,20,21,24)/t13-,14-,17-,18-/m1/s1. The molecule has 8 nitrogen and oxygen atoms in total. The highest BCUT2D eigenvalue weighted by molar-refractivity contribution is 5.69. The van der Waals surface area contributed by atoms with Crippen molar-refractivity contribution < 1.29 is 19.0 Å². The third kappa shape index (κ3) is 5.77. The molecule has 1 aromatic rings. The van der Waals surface area contributed by atoms with Crippen LogP contribution in [0.1, 0.15) is 58.6 Å². The number of esters is 1. The number of hydrogen-bond donors (Lipinski definition) is 1. The fraction of sp³-hybridized carbons (Fsp3) is 0.737. The highest BCUT2D eigenvalue weighted by atomic mass is 16.6. The monoisotopic (exact) mass is 381 g/mol. The highest BCUT2D eigenvalue weighted by Gasteiger charge is 2.44. The molecule has 0 bridgehead atoms. The van der Waals surface area contributed by atoms with Crippen LogP contribution in [-0.4, -0.2) is 41.4 Å². The molecular weight excluding hydrogens is 350 g/mol. The number of hydrogen-bond acceptors (Lipinski definition) is 7. The Morgan fingerprint density at radius 1 is 1.33 bits per heavy atom. The van der Waals surface area contributed by atoms with E-state index in [2.05, 4.69) is 11.9 Å². The molecule has 2 N–H and O–H groups in total. The van der Waals surface area contributed by atoms with E-state index in [1.54, 1.807) is 13.3 Å². The lowest BCUT2D eigenvalue weighted by molar-refractivity contribution is -0.149. The van der Waals surface area contributed by atoms with Crippen molar-refractivity contribution in [3.05, 3.63) is 22.7 Å². The first-order chi connectivity index (χ1) is 13.0. The quantitative estimate of drug-likeness (QED) is 0.489. The zero-order valence-corrected chi connectivity index (χ0v) is 16.4. The lowest BCUT2D eigenvalue weighted by Crippen LogP contribution is -2.34. The van der Waals surface area contributed by atoms with Gasteiger partial charge in [0.15, 0.2) is 6.23 Å². The van der Waals surface area contributed by atoms with Gasteiger partial charge in [-0.25, -0.2) is 4.79 Å². The molecule has 1 saturated heterocycles. The second-order valence-corrected chi connectivity index (χ2v) is 7.01. The molecule has 4 atom stereocenters. The number of unbranched alkanes of at least 4 members (excludes halogenated alkanes) is 4. The number of carbonyl (C=O) groups excluding carboxylic acids is 1. The second-order valence-electron chi connectivity index (χ2n) is 7.01. The lowest BCUT2D eigenvalue weighted by atomic mass is 10.0. The van der Waals surface area contributed by atoms with Crippen molar-refractivity contribution >= 4 is 11.8 Å². The smallest absolute Gasteiger partial charge is 0.351 e. The number of nitrogen functional groups attached to an aromatic ring is 1. The van der Waals surface area contributed by atoms with Crippen LogP contribution in [0.2, 0.25) is 0 Å². The van der Waals surface area contributed by atoms with E-state index >= 15 is 0 Å². The molecule has 2 rings (SSSR count).